The minimum Gasteiger partial charge on any atom is -0.357 e. The molecule has 2 N–H and O–H groups in total. The molecular weight excluding hydrogens is 523 g/mol. The first-order valence-electron chi connectivity index (χ1n) is 12.3. The fourth-order valence-corrected chi connectivity index (χ4v) is 4.51. The first-order chi connectivity index (χ1) is 15.8. The van der Waals surface area contributed by atoms with Crippen LogP contribution in [-0.4, -0.2) is 48.6 Å². The number of halogens is 1. The third-order valence-corrected chi connectivity index (χ3v) is 6.34. The molecule has 33 heavy (non-hydrogen) atoms. The van der Waals surface area contributed by atoms with Gasteiger partial charge in [0, 0.05) is 38.9 Å². The van der Waals surface area contributed by atoms with Gasteiger partial charge in [0.05, 0.1) is 6.54 Å². The Morgan fingerprint density at radius 1 is 0.879 bits per heavy atom. The molecule has 0 amide bonds. The van der Waals surface area contributed by atoms with Gasteiger partial charge < -0.3 is 15.5 Å². The summed E-state index contributed by atoms with van der Waals surface area (Å²) in [5.74, 6) is 1.93. The highest BCUT2D eigenvalue weighted by Gasteiger charge is 2.13. The van der Waals surface area contributed by atoms with Crippen LogP contribution >= 0.6 is 24.0 Å². The second-order valence-electron chi connectivity index (χ2n) is 8.92. The van der Waals surface area contributed by atoms with E-state index in [4.69, 9.17) is 4.99 Å². The topological polar surface area (TPSA) is 55.8 Å². The molecule has 2 saturated heterocycles. The number of guanidine groups is 1. The Morgan fingerprint density at radius 3 is 2.30 bits per heavy atom. The summed E-state index contributed by atoms with van der Waals surface area (Å²) in [6.45, 7) is 10.1. The van der Waals surface area contributed by atoms with Gasteiger partial charge in [-0.15, -0.1) is 24.0 Å². The molecule has 0 saturated carbocycles. The molecule has 0 unspecified atom stereocenters. The van der Waals surface area contributed by atoms with Gasteiger partial charge in [-0.3, -0.25) is 4.90 Å². The highest BCUT2D eigenvalue weighted by atomic mass is 127. The fourth-order valence-electron chi connectivity index (χ4n) is 4.51. The van der Waals surface area contributed by atoms with Gasteiger partial charge in [-0.2, -0.15) is 0 Å². The van der Waals surface area contributed by atoms with Gasteiger partial charge >= 0.3 is 0 Å². The van der Waals surface area contributed by atoms with Crippen molar-refractivity contribution in [1.82, 2.24) is 20.5 Å². The predicted octanol–water partition coefficient (Wildman–Crippen LogP) is 4.54. The lowest BCUT2D eigenvalue weighted by atomic mass is 10.1. The summed E-state index contributed by atoms with van der Waals surface area (Å²) in [5, 5.41) is 6.84. The summed E-state index contributed by atoms with van der Waals surface area (Å²) < 4.78 is 0. The Morgan fingerprint density at radius 2 is 1.58 bits per heavy atom. The zero-order chi connectivity index (χ0) is 22.0. The number of likely N-dealkylation sites (tertiary alicyclic amines) is 1. The molecule has 2 fully saturated rings. The molecule has 0 bridgehead atoms. The predicted molar refractivity (Wildman–Crippen MR) is 148 cm³/mol. The Hall–Kier alpha value is -1.87. The van der Waals surface area contributed by atoms with E-state index in [1.165, 1.54) is 61.9 Å². The van der Waals surface area contributed by atoms with Gasteiger partial charge in [0.15, 0.2) is 5.96 Å². The number of nitrogens with one attached hydrogen (secondary N) is 2. The van der Waals surface area contributed by atoms with Crippen molar-refractivity contribution in [1.29, 1.82) is 0 Å². The van der Waals surface area contributed by atoms with Crippen LogP contribution in [0, 0.1) is 0 Å². The van der Waals surface area contributed by atoms with Crippen LogP contribution in [-0.2, 0) is 19.6 Å². The summed E-state index contributed by atoms with van der Waals surface area (Å²) in [6, 6.07) is 13.3. The Labute approximate surface area is 216 Å². The summed E-state index contributed by atoms with van der Waals surface area (Å²) in [6.07, 6.45) is 8.50. The average molecular weight is 563 g/mol. The SMILES string of the molecule is CCNC(=NCc1ccnc(N2CCCC2)c1)NCc1ccc(CN2CCCCC2)cc1.I. The minimum absolute atomic E-state index is 0. The van der Waals surface area contributed by atoms with Crippen molar-refractivity contribution < 1.29 is 0 Å². The standard InChI is InChI=1S/C26H38N6.HI/c1-2-27-26(30-20-24-12-13-28-25(18-24)32-16-6-7-17-32)29-19-22-8-10-23(11-9-22)21-31-14-4-3-5-15-31;/h8-13,18H,2-7,14-17,19-21H2,1H3,(H2,27,29,30);1H. The van der Waals surface area contributed by atoms with E-state index in [0.29, 0.717) is 6.54 Å². The second-order valence-corrected chi connectivity index (χ2v) is 8.92. The van der Waals surface area contributed by atoms with Gasteiger partial charge in [-0.1, -0.05) is 30.7 Å². The maximum atomic E-state index is 4.80. The molecule has 2 aliphatic rings. The molecular formula is C26H39IN6. The molecule has 2 aliphatic heterocycles. The lowest BCUT2D eigenvalue weighted by Crippen LogP contribution is -2.36. The monoisotopic (exact) mass is 562 g/mol. The third-order valence-electron chi connectivity index (χ3n) is 6.34. The van der Waals surface area contributed by atoms with Gasteiger partial charge in [-0.25, -0.2) is 9.98 Å². The Bertz CT molecular complexity index is 857. The van der Waals surface area contributed by atoms with Crippen LogP contribution in [0.4, 0.5) is 5.82 Å². The van der Waals surface area contributed by atoms with E-state index in [1.807, 2.05) is 6.20 Å². The molecule has 3 heterocycles. The molecule has 0 aliphatic carbocycles. The second kappa shape index (κ2) is 13.7. The minimum atomic E-state index is 0. The molecule has 2 aromatic rings. The van der Waals surface area contributed by atoms with Crippen molar-refractivity contribution >= 4 is 35.8 Å². The fraction of sp³-hybridized carbons (Fsp3) is 0.538. The van der Waals surface area contributed by atoms with Crippen LogP contribution < -0.4 is 15.5 Å². The number of benzene rings is 1. The molecule has 1 aromatic carbocycles. The van der Waals surface area contributed by atoms with E-state index in [9.17, 15) is 0 Å². The quantitative estimate of drug-likeness (QED) is 0.281. The van der Waals surface area contributed by atoms with E-state index in [0.717, 1.165) is 44.5 Å². The van der Waals surface area contributed by atoms with Crippen LogP contribution in [0.15, 0.2) is 47.6 Å². The molecule has 7 heteroatoms. The number of pyridine rings is 1. The molecule has 180 valence electrons. The number of hydrogen-bond acceptors (Lipinski definition) is 4. The van der Waals surface area contributed by atoms with Crippen molar-refractivity contribution in [3.8, 4) is 0 Å². The molecule has 0 spiro atoms. The van der Waals surface area contributed by atoms with Crippen LogP contribution in [0.25, 0.3) is 0 Å². The third kappa shape index (κ3) is 8.14. The molecule has 1 aromatic heterocycles. The zero-order valence-corrected chi connectivity index (χ0v) is 22.3. The summed E-state index contributed by atoms with van der Waals surface area (Å²) in [4.78, 5) is 14.3. The maximum Gasteiger partial charge on any atom is 0.191 e. The number of anilines is 1. The number of aliphatic imine (C=N–C) groups is 1. The van der Waals surface area contributed by atoms with E-state index in [-0.39, 0.29) is 24.0 Å². The number of nitrogens with zero attached hydrogens (tertiary/aromatic N) is 4. The van der Waals surface area contributed by atoms with Crippen LogP contribution in [0.1, 0.15) is 55.7 Å². The highest BCUT2D eigenvalue weighted by molar-refractivity contribution is 14.0. The maximum absolute atomic E-state index is 4.80. The molecule has 0 atom stereocenters. The first kappa shape index (κ1) is 25.7. The smallest absolute Gasteiger partial charge is 0.191 e. The van der Waals surface area contributed by atoms with Crippen molar-refractivity contribution in [3.05, 3.63) is 59.3 Å². The zero-order valence-electron chi connectivity index (χ0n) is 19.9. The Balaban J connectivity index is 0.00000306. The largest absolute Gasteiger partial charge is 0.357 e. The van der Waals surface area contributed by atoms with E-state index < -0.39 is 0 Å². The van der Waals surface area contributed by atoms with Crippen molar-refractivity contribution in [2.45, 2.75) is 58.7 Å². The number of rotatable bonds is 8. The van der Waals surface area contributed by atoms with Crippen LogP contribution in [0.3, 0.4) is 0 Å². The van der Waals surface area contributed by atoms with E-state index in [2.05, 4.69) is 68.7 Å². The van der Waals surface area contributed by atoms with E-state index in [1.54, 1.807) is 0 Å². The van der Waals surface area contributed by atoms with Crippen LogP contribution in [0.2, 0.25) is 0 Å². The Kier molecular flexibility index (Phi) is 10.7. The lowest BCUT2D eigenvalue weighted by Gasteiger charge is -2.26. The highest BCUT2D eigenvalue weighted by Crippen LogP contribution is 2.19. The molecule has 4 rings (SSSR count). The normalized spacial score (nSPS) is 17.0. The van der Waals surface area contributed by atoms with Crippen molar-refractivity contribution in [2.75, 3.05) is 37.6 Å². The summed E-state index contributed by atoms with van der Waals surface area (Å²) in [5.41, 5.74) is 3.88. The van der Waals surface area contributed by atoms with E-state index >= 15 is 0 Å². The van der Waals surface area contributed by atoms with Gasteiger partial charge in [-0.05, 0) is 74.5 Å². The lowest BCUT2D eigenvalue weighted by molar-refractivity contribution is 0.221. The number of hydrogen-bond donors (Lipinski definition) is 2. The average Bonchev–Trinajstić information content (AvgIpc) is 3.38. The van der Waals surface area contributed by atoms with Crippen molar-refractivity contribution in [2.24, 2.45) is 4.99 Å². The number of piperidine rings is 1. The van der Waals surface area contributed by atoms with Gasteiger partial charge in [0.2, 0.25) is 0 Å². The molecule has 0 radical (unpaired) electrons. The van der Waals surface area contributed by atoms with Crippen LogP contribution in [0.5, 0.6) is 0 Å². The number of aromatic nitrogens is 1. The van der Waals surface area contributed by atoms with Gasteiger partial charge in [0.1, 0.15) is 5.82 Å². The summed E-state index contributed by atoms with van der Waals surface area (Å²) >= 11 is 0. The van der Waals surface area contributed by atoms with Crippen molar-refractivity contribution in [3.63, 3.8) is 0 Å². The van der Waals surface area contributed by atoms with Gasteiger partial charge in [0.25, 0.3) is 0 Å². The first-order valence-corrected chi connectivity index (χ1v) is 12.3. The summed E-state index contributed by atoms with van der Waals surface area (Å²) in [7, 11) is 0. The molecule has 6 nitrogen and oxygen atoms in total.